The van der Waals surface area contributed by atoms with E-state index in [9.17, 15) is 14.7 Å². The van der Waals surface area contributed by atoms with E-state index in [1.165, 1.54) is 10.9 Å². The van der Waals surface area contributed by atoms with Gasteiger partial charge in [0.15, 0.2) is 0 Å². The zero-order chi connectivity index (χ0) is 16.4. The van der Waals surface area contributed by atoms with Gasteiger partial charge in [0.1, 0.15) is 5.02 Å². The summed E-state index contributed by atoms with van der Waals surface area (Å²) in [7, 11) is 0. The number of hydrogen-bond acceptors (Lipinski definition) is 4. The smallest absolute Gasteiger partial charge is 0.287 e. The lowest BCUT2D eigenvalue weighted by Crippen LogP contribution is -2.60. The van der Waals surface area contributed by atoms with Crippen LogP contribution < -0.4 is 10.7 Å². The van der Waals surface area contributed by atoms with Crippen molar-refractivity contribution in [3.8, 4) is 0 Å². The van der Waals surface area contributed by atoms with Crippen molar-refractivity contribution < 1.29 is 9.90 Å². The Balaban J connectivity index is 1.81. The molecule has 124 valence electrons. The Morgan fingerprint density at radius 2 is 1.96 bits per heavy atom. The van der Waals surface area contributed by atoms with Crippen LogP contribution in [0, 0.1) is 17.3 Å². The summed E-state index contributed by atoms with van der Waals surface area (Å²) >= 11 is 11.9. The third kappa shape index (κ3) is 2.31. The standard InChI is InChI=1S/C16H18Cl2N2O3/c17-11-7-19-20(14(23)13(11)18)16-4-9-1-10(5-16)3-15(2-9,8-16)6-12(21)22/h7,9-10H,1-6,8H2,(H,21,22)/p-1/t9-,10+,15?,16?. The predicted octanol–water partition coefficient (Wildman–Crippen LogP) is 1.99. The van der Waals surface area contributed by atoms with Gasteiger partial charge in [0.2, 0.25) is 0 Å². The monoisotopic (exact) mass is 355 g/mol. The molecule has 0 radical (unpaired) electrons. The van der Waals surface area contributed by atoms with Crippen molar-refractivity contribution in [2.24, 2.45) is 17.3 Å². The number of rotatable bonds is 3. The number of nitrogens with zero attached hydrogens (tertiary/aromatic N) is 2. The van der Waals surface area contributed by atoms with Crippen LogP contribution in [0.25, 0.3) is 0 Å². The molecule has 2 unspecified atom stereocenters. The van der Waals surface area contributed by atoms with Gasteiger partial charge in [-0.05, 0) is 62.2 Å². The van der Waals surface area contributed by atoms with Crippen LogP contribution in [0.1, 0.15) is 44.9 Å². The lowest BCUT2D eigenvalue weighted by Gasteiger charge is -2.62. The van der Waals surface area contributed by atoms with E-state index in [0.717, 1.165) is 32.1 Å². The van der Waals surface area contributed by atoms with Crippen molar-refractivity contribution in [1.82, 2.24) is 9.78 Å². The molecular weight excluding hydrogens is 339 g/mol. The molecule has 0 aromatic carbocycles. The Morgan fingerprint density at radius 1 is 1.30 bits per heavy atom. The summed E-state index contributed by atoms with van der Waals surface area (Å²) in [5.41, 5.74) is -1.06. The van der Waals surface area contributed by atoms with Crippen molar-refractivity contribution in [2.75, 3.05) is 0 Å². The highest BCUT2D eigenvalue weighted by Gasteiger charge is 2.59. The second kappa shape index (κ2) is 4.96. The second-order valence-corrected chi connectivity index (χ2v) is 8.54. The first kappa shape index (κ1) is 15.5. The molecule has 0 amide bonds. The Morgan fingerprint density at radius 3 is 2.57 bits per heavy atom. The quantitative estimate of drug-likeness (QED) is 0.830. The number of carboxylic acid groups (broad SMARTS) is 1. The number of carbonyl (C=O) groups is 1. The maximum absolute atomic E-state index is 12.6. The third-order valence-corrected chi connectivity index (χ3v) is 6.74. The van der Waals surface area contributed by atoms with Crippen molar-refractivity contribution in [3.05, 3.63) is 26.6 Å². The molecule has 4 saturated carbocycles. The summed E-state index contributed by atoms with van der Waals surface area (Å²) in [5.74, 6) is -0.117. The van der Waals surface area contributed by atoms with E-state index >= 15 is 0 Å². The minimum Gasteiger partial charge on any atom is -0.550 e. The molecule has 4 fully saturated rings. The van der Waals surface area contributed by atoms with Crippen LogP contribution in [0.3, 0.4) is 0 Å². The van der Waals surface area contributed by atoms with Gasteiger partial charge < -0.3 is 9.90 Å². The van der Waals surface area contributed by atoms with Crippen LogP contribution in [0.5, 0.6) is 0 Å². The summed E-state index contributed by atoms with van der Waals surface area (Å²) in [6.07, 6.45) is 6.81. The molecule has 0 spiro atoms. The molecule has 23 heavy (non-hydrogen) atoms. The summed E-state index contributed by atoms with van der Waals surface area (Å²) < 4.78 is 1.49. The van der Waals surface area contributed by atoms with Crippen LogP contribution in [0.2, 0.25) is 10.0 Å². The molecule has 1 aromatic heterocycles. The number of hydrogen-bond donors (Lipinski definition) is 0. The highest BCUT2D eigenvalue weighted by molar-refractivity contribution is 6.41. The summed E-state index contributed by atoms with van der Waals surface area (Å²) in [5, 5.41) is 15.7. The first-order chi connectivity index (χ1) is 10.8. The summed E-state index contributed by atoms with van der Waals surface area (Å²) in [6.45, 7) is 0. The molecule has 4 aliphatic carbocycles. The van der Waals surface area contributed by atoms with Crippen LogP contribution in [-0.2, 0) is 10.3 Å². The SMILES string of the molecule is O=C([O-])CC12C[C@H]3C[C@@H](C1)CC(n1ncc(Cl)c(Cl)c1=O)(C3)C2. The van der Waals surface area contributed by atoms with Gasteiger partial charge in [0, 0.05) is 5.97 Å². The van der Waals surface area contributed by atoms with Gasteiger partial charge in [-0.3, -0.25) is 4.79 Å². The average Bonchev–Trinajstić information content (AvgIpc) is 2.41. The molecule has 0 aliphatic heterocycles. The molecule has 5 nitrogen and oxygen atoms in total. The van der Waals surface area contributed by atoms with E-state index in [4.69, 9.17) is 23.2 Å². The minimum absolute atomic E-state index is 0.00800. The topological polar surface area (TPSA) is 75.0 Å². The fourth-order valence-corrected chi connectivity index (χ4v) is 6.17. The molecule has 4 atom stereocenters. The molecule has 7 heteroatoms. The number of aromatic nitrogens is 2. The first-order valence-electron chi connectivity index (χ1n) is 7.96. The van der Waals surface area contributed by atoms with Crippen LogP contribution in [0.4, 0.5) is 0 Å². The van der Waals surface area contributed by atoms with E-state index in [1.54, 1.807) is 0 Å². The van der Waals surface area contributed by atoms with Gasteiger partial charge in [0.05, 0.1) is 16.8 Å². The molecular formula is C16H17Cl2N2O3-. The fourth-order valence-electron chi connectivity index (χ4n) is 5.91. The lowest BCUT2D eigenvalue weighted by atomic mass is 9.46. The van der Waals surface area contributed by atoms with Gasteiger partial charge in [0.25, 0.3) is 5.56 Å². The highest BCUT2D eigenvalue weighted by Crippen LogP contribution is 2.64. The van der Waals surface area contributed by atoms with Crippen LogP contribution in [0.15, 0.2) is 11.0 Å². The van der Waals surface area contributed by atoms with Crippen molar-refractivity contribution in [1.29, 1.82) is 0 Å². The van der Waals surface area contributed by atoms with Crippen LogP contribution in [-0.4, -0.2) is 15.7 Å². The summed E-state index contributed by atoms with van der Waals surface area (Å²) in [4.78, 5) is 23.8. The van der Waals surface area contributed by atoms with E-state index in [2.05, 4.69) is 5.10 Å². The van der Waals surface area contributed by atoms with E-state index in [1.807, 2.05) is 0 Å². The fraction of sp³-hybridized carbons (Fsp3) is 0.688. The highest BCUT2D eigenvalue weighted by atomic mass is 35.5. The number of aliphatic carboxylic acids is 1. The first-order valence-corrected chi connectivity index (χ1v) is 8.72. The van der Waals surface area contributed by atoms with E-state index < -0.39 is 11.5 Å². The largest absolute Gasteiger partial charge is 0.550 e. The molecule has 4 aliphatic rings. The normalized spacial score (nSPS) is 38.0. The van der Waals surface area contributed by atoms with Crippen molar-refractivity contribution in [2.45, 2.75) is 50.5 Å². The Labute approximate surface area is 143 Å². The van der Waals surface area contributed by atoms with Gasteiger partial charge in [-0.2, -0.15) is 5.10 Å². The molecule has 5 rings (SSSR count). The Bertz CT molecular complexity index is 731. The van der Waals surface area contributed by atoms with Gasteiger partial charge >= 0.3 is 0 Å². The number of halogens is 2. The average molecular weight is 356 g/mol. The molecule has 0 N–H and O–H groups in total. The molecule has 1 heterocycles. The molecule has 1 aromatic rings. The zero-order valence-electron chi connectivity index (χ0n) is 12.6. The van der Waals surface area contributed by atoms with Gasteiger partial charge in [-0.25, -0.2) is 4.68 Å². The van der Waals surface area contributed by atoms with Crippen molar-refractivity contribution in [3.63, 3.8) is 0 Å². The van der Waals surface area contributed by atoms with E-state index in [-0.39, 0.29) is 27.4 Å². The zero-order valence-corrected chi connectivity index (χ0v) is 14.1. The Hall–Kier alpha value is -1.07. The summed E-state index contributed by atoms with van der Waals surface area (Å²) in [6, 6.07) is 0. The van der Waals surface area contributed by atoms with E-state index in [0.29, 0.717) is 18.3 Å². The van der Waals surface area contributed by atoms with Crippen molar-refractivity contribution >= 4 is 29.2 Å². The number of carboxylic acids is 1. The van der Waals surface area contributed by atoms with Crippen LogP contribution >= 0.6 is 23.2 Å². The lowest BCUT2D eigenvalue weighted by molar-refractivity contribution is -0.310. The maximum atomic E-state index is 12.6. The maximum Gasteiger partial charge on any atom is 0.287 e. The van der Waals surface area contributed by atoms with Gasteiger partial charge in [-0.15, -0.1) is 0 Å². The Kier molecular flexibility index (Phi) is 3.34. The second-order valence-electron chi connectivity index (χ2n) is 7.76. The minimum atomic E-state index is -1.00. The predicted molar refractivity (Wildman–Crippen MR) is 83.2 cm³/mol. The molecule has 4 bridgehead atoms. The third-order valence-electron chi connectivity index (χ3n) is 6.00. The molecule has 0 saturated heterocycles. The number of carbonyl (C=O) groups excluding carboxylic acids is 1. The van der Waals surface area contributed by atoms with Gasteiger partial charge in [-0.1, -0.05) is 23.2 Å².